The minimum absolute atomic E-state index is 0.0793. The molecule has 0 aliphatic carbocycles. The van der Waals surface area contributed by atoms with E-state index in [2.05, 4.69) is 5.32 Å². The third-order valence-electron chi connectivity index (χ3n) is 3.56. The average Bonchev–Trinajstić information content (AvgIpc) is 2.27. The maximum absolute atomic E-state index is 11.9. The Labute approximate surface area is 109 Å². The third kappa shape index (κ3) is 3.98. The summed E-state index contributed by atoms with van der Waals surface area (Å²) in [6.45, 7) is 4.93. The lowest BCUT2D eigenvalue weighted by Crippen LogP contribution is -2.53. The molecule has 0 aromatic heterocycles. The number of aliphatic carboxylic acids is 1. The summed E-state index contributed by atoms with van der Waals surface area (Å²) in [5, 5.41) is 12.1. The highest BCUT2D eigenvalue weighted by molar-refractivity contribution is 5.82. The Hall–Kier alpha value is -1.10. The number of likely N-dealkylation sites (tertiary alicyclic amines) is 1. The molecule has 2 N–H and O–H groups in total. The van der Waals surface area contributed by atoms with E-state index in [4.69, 9.17) is 0 Å². The molecule has 18 heavy (non-hydrogen) atoms. The lowest BCUT2D eigenvalue weighted by Gasteiger charge is -2.34. The molecule has 5 heteroatoms. The van der Waals surface area contributed by atoms with Crippen molar-refractivity contribution in [1.82, 2.24) is 10.2 Å². The highest BCUT2D eigenvalue weighted by atomic mass is 16.4. The van der Waals surface area contributed by atoms with Gasteiger partial charge in [-0.05, 0) is 33.2 Å². The van der Waals surface area contributed by atoms with E-state index in [9.17, 15) is 14.7 Å². The number of carboxylic acids is 1. The quantitative estimate of drug-likeness (QED) is 0.793. The van der Waals surface area contributed by atoms with Crippen molar-refractivity contribution >= 4 is 11.9 Å². The third-order valence-corrected chi connectivity index (χ3v) is 3.56. The number of rotatable bonds is 4. The van der Waals surface area contributed by atoms with Crippen LogP contribution in [0.2, 0.25) is 0 Å². The zero-order valence-electron chi connectivity index (χ0n) is 11.3. The number of likely N-dealkylation sites (N-methyl/N-ethyl adjacent to an activating group) is 1. The molecule has 0 radical (unpaired) electrons. The normalized spacial score (nSPS) is 23.8. The molecule has 1 fully saturated rings. The average molecular weight is 256 g/mol. The molecule has 0 aromatic carbocycles. The SMILES string of the molecule is CCNC(=O)C(C)N1CCCCCCC1C(=O)O. The van der Waals surface area contributed by atoms with Crippen LogP contribution in [0.5, 0.6) is 0 Å². The van der Waals surface area contributed by atoms with Gasteiger partial charge in [0.25, 0.3) is 0 Å². The van der Waals surface area contributed by atoms with E-state index in [1.54, 1.807) is 6.92 Å². The van der Waals surface area contributed by atoms with Crippen LogP contribution in [0.3, 0.4) is 0 Å². The first-order chi connectivity index (χ1) is 8.57. The molecule has 0 bridgehead atoms. The van der Waals surface area contributed by atoms with Gasteiger partial charge in [-0.3, -0.25) is 14.5 Å². The maximum Gasteiger partial charge on any atom is 0.320 e. The number of hydrogen-bond donors (Lipinski definition) is 2. The van der Waals surface area contributed by atoms with Gasteiger partial charge in [0.1, 0.15) is 6.04 Å². The molecular weight excluding hydrogens is 232 g/mol. The van der Waals surface area contributed by atoms with Gasteiger partial charge >= 0.3 is 5.97 Å². The van der Waals surface area contributed by atoms with Gasteiger partial charge < -0.3 is 10.4 Å². The van der Waals surface area contributed by atoms with Crippen LogP contribution in [0.15, 0.2) is 0 Å². The minimum atomic E-state index is -0.812. The van der Waals surface area contributed by atoms with Gasteiger partial charge in [-0.25, -0.2) is 0 Å². The fourth-order valence-electron chi connectivity index (χ4n) is 2.51. The second kappa shape index (κ2) is 7.36. The van der Waals surface area contributed by atoms with Crippen LogP contribution in [0.25, 0.3) is 0 Å². The molecular formula is C13H24N2O3. The summed E-state index contributed by atoms with van der Waals surface area (Å²) in [4.78, 5) is 25.0. The molecule has 1 aliphatic heterocycles. The van der Waals surface area contributed by atoms with Gasteiger partial charge in [0.15, 0.2) is 0 Å². The predicted octanol–water partition coefficient (Wildman–Crippen LogP) is 1.23. The van der Waals surface area contributed by atoms with E-state index in [1.807, 2.05) is 11.8 Å². The maximum atomic E-state index is 11.9. The summed E-state index contributed by atoms with van der Waals surface area (Å²) in [5.41, 5.74) is 0. The highest BCUT2D eigenvalue weighted by Gasteiger charge is 2.32. The monoisotopic (exact) mass is 256 g/mol. The molecule has 0 saturated carbocycles. The minimum Gasteiger partial charge on any atom is -0.480 e. The van der Waals surface area contributed by atoms with Crippen LogP contribution < -0.4 is 5.32 Å². The van der Waals surface area contributed by atoms with Crippen molar-refractivity contribution < 1.29 is 14.7 Å². The Kier molecular flexibility index (Phi) is 6.12. The zero-order valence-corrected chi connectivity index (χ0v) is 11.3. The molecule has 1 saturated heterocycles. The first-order valence-electron chi connectivity index (χ1n) is 6.84. The van der Waals surface area contributed by atoms with Crippen molar-refractivity contribution in [1.29, 1.82) is 0 Å². The summed E-state index contributed by atoms with van der Waals surface area (Å²) in [5.74, 6) is -0.891. The summed E-state index contributed by atoms with van der Waals surface area (Å²) in [6.07, 6.45) is 4.74. The van der Waals surface area contributed by atoms with Crippen LogP contribution >= 0.6 is 0 Å². The molecule has 1 amide bonds. The van der Waals surface area contributed by atoms with Crippen LogP contribution in [0, 0.1) is 0 Å². The Balaban J connectivity index is 2.76. The second-order valence-corrected chi connectivity index (χ2v) is 4.87. The number of nitrogens with one attached hydrogen (secondary N) is 1. The van der Waals surface area contributed by atoms with Crippen molar-refractivity contribution in [3.8, 4) is 0 Å². The van der Waals surface area contributed by atoms with E-state index in [0.29, 0.717) is 19.5 Å². The van der Waals surface area contributed by atoms with Crippen LogP contribution in [0.1, 0.15) is 46.0 Å². The number of nitrogens with zero attached hydrogens (tertiary/aromatic N) is 1. The summed E-state index contributed by atoms with van der Waals surface area (Å²) >= 11 is 0. The highest BCUT2D eigenvalue weighted by Crippen LogP contribution is 2.19. The molecule has 1 aliphatic rings. The Morgan fingerprint density at radius 3 is 2.61 bits per heavy atom. The lowest BCUT2D eigenvalue weighted by molar-refractivity contribution is -0.146. The topological polar surface area (TPSA) is 69.6 Å². The van der Waals surface area contributed by atoms with E-state index >= 15 is 0 Å². The zero-order chi connectivity index (χ0) is 13.5. The van der Waals surface area contributed by atoms with Crippen LogP contribution in [0.4, 0.5) is 0 Å². The lowest BCUT2D eigenvalue weighted by atomic mass is 10.00. The molecule has 104 valence electrons. The molecule has 0 spiro atoms. The molecule has 1 heterocycles. The van der Waals surface area contributed by atoms with Gasteiger partial charge in [0, 0.05) is 6.54 Å². The van der Waals surface area contributed by atoms with E-state index in [0.717, 1.165) is 25.7 Å². The first-order valence-corrected chi connectivity index (χ1v) is 6.84. The Morgan fingerprint density at radius 1 is 1.33 bits per heavy atom. The van der Waals surface area contributed by atoms with Crippen molar-refractivity contribution in [2.45, 2.75) is 58.0 Å². The number of hydrogen-bond acceptors (Lipinski definition) is 3. The van der Waals surface area contributed by atoms with Crippen molar-refractivity contribution in [3.05, 3.63) is 0 Å². The van der Waals surface area contributed by atoms with Gasteiger partial charge in [-0.2, -0.15) is 0 Å². The van der Waals surface area contributed by atoms with Gasteiger partial charge in [-0.1, -0.05) is 19.3 Å². The summed E-state index contributed by atoms with van der Waals surface area (Å²) < 4.78 is 0. The standard InChI is InChI=1S/C13H24N2O3/c1-3-14-12(16)10(2)15-9-7-5-4-6-8-11(15)13(17)18/h10-11H,3-9H2,1-2H3,(H,14,16)(H,17,18). The smallest absolute Gasteiger partial charge is 0.320 e. The summed E-state index contributed by atoms with van der Waals surface area (Å²) in [6, 6.07) is -0.896. The number of carbonyl (C=O) groups is 2. The largest absolute Gasteiger partial charge is 0.480 e. The first kappa shape index (κ1) is 15.0. The fourth-order valence-corrected chi connectivity index (χ4v) is 2.51. The molecule has 0 aromatic rings. The van der Waals surface area contributed by atoms with E-state index in [-0.39, 0.29) is 11.9 Å². The van der Waals surface area contributed by atoms with Crippen molar-refractivity contribution in [3.63, 3.8) is 0 Å². The van der Waals surface area contributed by atoms with E-state index in [1.165, 1.54) is 0 Å². The van der Waals surface area contributed by atoms with Crippen molar-refractivity contribution in [2.75, 3.05) is 13.1 Å². The molecule has 2 atom stereocenters. The van der Waals surface area contributed by atoms with Gasteiger partial charge in [0.2, 0.25) is 5.91 Å². The van der Waals surface area contributed by atoms with Crippen molar-refractivity contribution in [2.24, 2.45) is 0 Å². The molecule has 2 unspecified atom stereocenters. The second-order valence-electron chi connectivity index (χ2n) is 4.87. The number of carbonyl (C=O) groups excluding carboxylic acids is 1. The van der Waals surface area contributed by atoms with Crippen LogP contribution in [-0.4, -0.2) is 47.1 Å². The number of amides is 1. The van der Waals surface area contributed by atoms with E-state index < -0.39 is 12.0 Å². The Bertz CT molecular complexity index is 294. The fraction of sp³-hybridized carbons (Fsp3) is 0.846. The van der Waals surface area contributed by atoms with Gasteiger partial charge in [0.05, 0.1) is 6.04 Å². The Morgan fingerprint density at radius 2 is 2.00 bits per heavy atom. The number of carboxylic acid groups (broad SMARTS) is 1. The molecule has 5 nitrogen and oxygen atoms in total. The molecule has 1 rings (SSSR count). The van der Waals surface area contributed by atoms with Crippen LogP contribution in [-0.2, 0) is 9.59 Å². The predicted molar refractivity (Wildman–Crippen MR) is 69.4 cm³/mol. The summed E-state index contributed by atoms with van der Waals surface area (Å²) in [7, 11) is 0. The van der Waals surface area contributed by atoms with Gasteiger partial charge in [-0.15, -0.1) is 0 Å².